The molecule has 0 aromatic heterocycles. The molecule has 2 rings (SSSR count). The van der Waals surface area contributed by atoms with Crippen LogP contribution in [0.5, 0.6) is 0 Å². The van der Waals surface area contributed by atoms with Crippen molar-refractivity contribution in [2.45, 2.75) is 32.0 Å². The molecule has 0 spiro atoms. The molecular formula is C15H22O3Si. The number of hydrogen-bond donors (Lipinski definition) is 1. The fourth-order valence-corrected chi connectivity index (χ4v) is 3.78. The number of carboxylic acid groups (broad SMARTS) is 1. The number of rotatable bonds is 3. The molecule has 1 aromatic carbocycles. The molecule has 1 aliphatic rings. The second-order valence-electron chi connectivity index (χ2n) is 6.29. The molecule has 3 nitrogen and oxygen atoms in total. The molecule has 19 heavy (non-hydrogen) atoms. The average Bonchev–Trinajstić information content (AvgIpc) is 2.38. The molecule has 1 heterocycles. The van der Waals surface area contributed by atoms with E-state index in [0.717, 1.165) is 12.0 Å². The molecule has 0 aliphatic carbocycles. The summed E-state index contributed by atoms with van der Waals surface area (Å²) >= 11 is 0. The second kappa shape index (κ2) is 5.47. The first-order valence-electron chi connectivity index (χ1n) is 6.80. The first kappa shape index (κ1) is 14.3. The van der Waals surface area contributed by atoms with E-state index in [1.807, 2.05) is 0 Å². The van der Waals surface area contributed by atoms with Crippen LogP contribution in [0.2, 0.25) is 19.6 Å². The quantitative estimate of drug-likeness (QED) is 0.864. The van der Waals surface area contributed by atoms with E-state index in [9.17, 15) is 9.90 Å². The summed E-state index contributed by atoms with van der Waals surface area (Å²) in [6, 6.07) is 8.57. The lowest BCUT2D eigenvalue weighted by Crippen LogP contribution is -2.37. The average molecular weight is 278 g/mol. The Balaban J connectivity index is 2.23. The molecule has 0 bridgehead atoms. The van der Waals surface area contributed by atoms with Crippen molar-refractivity contribution in [3.8, 4) is 0 Å². The van der Waals surface area contributed by atoms with Gasteiger partial charge in [0, 0.05) is 12.5 Å². The van der Waals surface area contributed by atoms with Crippen molar-refractivity contribution in [1.82, 2.24) is 0 Å². The molecule has 4 heteroatoms. The van der Waals surface area contributed by atoms with Crippen LogP contribution in [0.3, 0.4) is 0 Å². The molecule has 1 aliphatic heterocycles. The Morgan fingerprint density at radius 1 is 1.26 bits per heavy atom. The summed E-state index contributed by atoms with van der Waals surface area (Å²) in [5, 5.41) is 10.7. The van der Waals surface area contributed by atoms with Gasteiger partial charge in [0.25, 0.3) is 0 Å². The zero-order valence-electron chi connectivity index (χ0n) is 11.8. The van der Waals surface area contributed by atoms with Gasteiger partial charge in [-0.3, -0.25) is 4.79 Å². The Bertz CT molecular complexity index is 447. The van der Waals surface area contributed by atoms with Gasteiger partial charge in [-0.05, 0) is 12.0 Å². The van der Waals surface area contributed by atoms with Crippen molar-refractivity contribution < 1.29 is 14.6 Å². The zero-order chi connectivity index (χ0) is 14.0. The Kier molecular flexibility index (Phi) is 4.11. The van der Waals surface area contributed by atoms with Gasteiger partial charge in [0.15, 0.2) is 0 Å². The van der Waals surface area contributed by atoms with Gasteiger partial charge in [0.1, 0.15) is 0 Å². The summed E-state index contributed by atoms with van der Waals surface area (Å²) in [6.45, 7) is 7.93. The summed E-state index contributed by atoms with van der Waals surface area (Å²) in [6.07, 6.45) is 0.795. The molecule has 104 valence electrons. The first-order valence-corrected chi connectivity index (χ1v) is 10.3. The van der Waals surface area contributed by atoms with Crippen molar-refractivity contribution in [1.29, 1.82) is 0 Å². The fourth-order valence-electron chi connectivity index (χ4n) is 2.61. The van der Waals surface area contributed by atoms with Crippen LogP contribution in [0.4, 0.5) is 0 Å². The van der Waals surface area contributed by atoms with E-state index < -0.39 is 20.0 Å². The third kappa shape index (κ3) is 3.25. The van der Waals surface area contributed by atoms with E-state index in [1.165, 1.54) is 5.19 Å². The minimum Gasteiger partial charge on any atom is -0.481 e. The topological polar surface area (TPSA) is 46.5 Å². The largest absolute Gasteiger partial charge is 0.481 e. The molecule has 2 atom stereocenters. The predicted molar refractivity (Wildman–Crippen MR) is 78.7 cm³/mol. The molecule has 1 N–H and O–H groups in total. The maximum atomic E-state index is 11.3. The van der Waals surface area contributed by atoms with Crippen molar-refractivity contribution in [3.63, 3.8) is 0 Å². The van der Waals surface area contributed by atoms with Crippen LogP contribution < -0.4 is 5.19 Å². The monoisotopic (exact) mass is 278 g/mol. The van der Waals surface area contributed by atoms with E-state index in [0.29, 0.717) is 13.2 Å². The smallest absolute Gasteiger partial charge is 0.309 e. The third-order valence-corrected chi connectivity index (χ3v) is 5.94. The molecule has 0 radical (unpaired) electrons. The normalized spacial score (nSPS) is 24.2. The first-order chi connectivity index (χ1) is 8.89. The minimum absolute atomic E-state index is 0.0851. The number of aliphatic carboxylic acids is 1. The second-order valence-corrected chi connectivity index (χ2v) is 11.4. The summed E-state index contributed by atoms with van der Waals surface area (Å²) < 4.78 is 5.30. The Hall–Kier alpha value is -1.13. The number of carbonyl (C=O) groups is 1. The lowest BCUT2D eigenvalue weighted by Gasteiger charge is -2.29. The van der Waals surface area contributed by atoms with Gasteiger partial charge in [0.05, 0.1) is 20.6 Å². The van der Waals surface area contributed by atoms with E-state index in [2.05, 4.69) is 43.9 Å². The fraction of sp³-hybridized carbons (Fsp3) is 0.533. The van der Waals surface area contributed by atoms with Crippen LogP contribution in [0.25, 0.3) is 0 Å². The molecule has 1 aromatic rings. The lowest BCUT2D eigenvalue weighted by atomic mass is 9.83. The van der Waals surface area contributed by atoms with Crippen LogP contribution in [0, 0.1) is 5.92 Å². The molecule has 0 saturated carbocycles. The van der Waals surface area contributed by atoms with Gasteiger partial charge in [-0.25, -0.2) is 0 Å². The maximum absolute atomic E-state index is 11.3. The SMILES string of the molecule is C[Si](C)(C)c1ccc(C2CCOCC2C(=O)O)cc1. The van der Waals surface area contributed by atoms with Gasteiger partial charge < -0.3 is 9.84 Å². The zero-order valence-corrected chi connectivity index (χ0v) is 12.8. The highest BCUT2D eigenvalue weighted by Crippen LogP contribution is 2.32. The van der Waals surface area contributed by atoms with E-state index in [4.69, 9.17) is 4.74 Å². The van der Waals surface area contributed by atoms with Gasteiger partial charge in [0.2, 0.25) is 0 Å². The van der Waals surface area contributed by atoms with Crippen molar-refractivity contribution in [3.05, 3.63) is 29.8 Å². The summed E-state index contributed by atoms with van der Waals surface area (Å²) in [5.41, 5.74) is 1.14. The van der Waals surface area contributed by atoms with Crippen LogP contribution in [-0.4, -0.2) is 32.4 Å². The highest BCUT2D eigenvalue weighted by molar-refractivity contribution is 6.88. The minimum atomic E-state index is -1.29. The lowest BCUT2D eigenvalue weighted by molar-refractivity contribution is -0.147. The van der Waals surface area contributed by atoms with Gasteiger partial charge >= 0.3 is 5.97 Å². The van der Waals surface area contributed by atoms with Crippen LogP contribution in [0.15, 0.2) is 24.3 Å². The Morgan fingerprint density at radius 2 is 1.89 bits per heavy atom. The van der Waals surface area contributed by atoms with Crippen LogP contribution >= 0.6 is 0 Å². The highest BCUT2D eigenvalue weighted by atomic mass is 28.3. The number of hydrogen-bond acceptors (Lipinski definition) is 2. The molecule has 2 unspecified atom stereocenters. The maximum Gasteiger partial charge on any atom is 0.309 e. The van der Waals surface area contributed by atoms with E-state index >= 15 is 0 Å². The summed E-state index contributed by atoms with van der Waals surface area (Å²) in [4.78, 5) is 11.3. The predicted octanol–water partition coefficient (Wildman–Crippen LogP) is 2.44. The number of benzene rings is 1. The van der Waals surface area contributed by atoms with Gasteiger partial charge in [-0.1, -0.05) is 49.1 Å². The third-order valence-electron chi connectivity index (χ3n) is 3.88. The van der Waals surface area contributed by atoms with Crippen molar-refractivity contribution >= 4 is 19.2 Å². The Labute approximate surface area is 115 Å². The van der Waals surface area contributed by atoms with E-state index in [-0.39, 0.29) is 5.92 Å². The molecule has 1 fully saturated rings. The van der Waals surface area contributed by atoms with Crippen molar-refractivity contribution in [2.75, 3.05) is 13.2 Å². The number of ether oxygens (including phenoxy) is 1. The standard InChI is InChI=1S/C15H22O3Si/c1-19(2,3)12-6-4-11(5-7-12)13-8-9-18-10-14(13)15(16)17/h4-7,13-14H,8-10H2,1-3H3,(H,16,17). The van der Waals surface area contributed by atoms with Crippen molar-refractivity contribution in [2.24, 2.45) is 5.92 Å². The Morgan fingerprint density at radius 3 is 2.42 bits per heavy atom. The van der Waals surface area contributed by atoms with Crippen LogP contribution in [0.1, 0.15) is 17.9 Å². The molecular weight excluding hydrogens is 256 g/mol. The number of carboxylic acids is 1. The summed E-state index contributed by atoms with van der Waals surface area (Å²) in [5.74, 6) is -1.08. The molecule has 0 amide bonds. The van der Waals surface area contributed by atoms with Gasteiger partial charge in [-0.15, -0.1) is 0 Å². The van der Waals surface area contributed by atoms with Crippen LogP contribution in [-0.2, 0) is 9.53 Å². The van der Waals surface area contributed by atoms with Gasteiger partial charge in [-0.2, -0.15) is 0 Å². The molecule has 1 saturated heterocycles. The summed E-state index contributed by atoms with van der Waals surface area (Å²) in [7, 11) is -1.29. The highest BCUT2D eigenvalue weighted by Gasteiger charge is 2.32. The van der Waals surface area contributed by atoms with E-state index in [1.54, 1.807) is 0 Å².